The molecule has 0 saturated carbocycles. The SMILES string of the molecule is Cc1c(N)nc(C(C)C)nc1N(C)CC1(O)CCOCC1. The summed E-state index contributed by atoms with van der Waals surface area (Å²) in [6, 6.07) is 0. The molecule has 1 aliphatic rings. The Morgan fingerprint density at radius 2 is 1.95 bits per heavy atom. The highest BCUT2D eigenvalue weighted by molar-refractivity contribution is 5.56. The molecule has 1 aliphatic heterocycles. The molecule has 0 atom stereocenters. The number of nitrogen functional groups attached to an aromatic ring is 1. The van der Waals surface area contributed by atoms with Crippen molar-refractivity contribution in [2.45, 2.75) is 45.1 Å². The van der Waals surface area contributed by atoms with E-state index in [1.807, 2.05) is 32.7 Å². The minimum atomic E-state index is -0.725. The molecule has 0 radical (unpaired) electrons. The third kappa shape index (κ3) is 3.63. The molecule has 3 N–H and O–H groups in total. The summed E-state index contributed by atoms with van der Waals surface area (Å²) in [5, 5.41) is 10.6. The van der Waals surface area contributed by atoms with Gasteiger partial charge in [0.15, 0.2) is 0 Å². The summed E-state index contributed by atoms with van der Waals surface area (Å²) in [6.45, 7) is 7.73. The van der Waals surface area contributed by atoms with Gasteiger partial charge in [-0.1, -0.05) is 13.8 Å². The van der Waals surface area contributed by atoms with Gasteiger partial charge in [-0.15, -0.1) is 0 Å². The highest BCUT2D eigenvalue weighted by Crippen LogP contribution is 2.27. The summed E-state index contributed by atoms with van der Waals surface area (Å²) in [7, 11) is 1.94. The second-order valence-corrected chi connectivity index (χ2v) is 6.26. The largest absolute Gasteiger partial charge is 0.388 e. The molecular formula is C15H26N4O2. The fraction of sp³-hybridized carbons (Fsp3) is 0.733. The van der Waals surface area contributed by atoms with Crippen LogP contribution in [0.4, 0.5) is 11.6 Å². The molecule has 0 amide bonds. The number of anilines is 2. The van der Waals surface area contributed by atoms with Gasteiger partial charge in [-0.05, 0) is 6.92 Å². The fourth-order valence-corrected chi connectivity index (χ4v) is 2.59. The third-order valence-electron chi connectivity index (χ3n) is 4.01. The van der Waals surface area contributed by atoms with Gasteiger partial charge in [-0.2, -0.15) is 0 Å². The van der Waals surface area contributed by atoms with Crippen molar-refractivity contribution in [3.05, 3.63) is 11.4 Å². The number of likely N-dealkylation sites (N-methyl/N-ethyl adjacent to an activating group) is 1. The average molecular weight is 294 g/mol. The first-order valence-corrected chi connectivity index (χ1v) is 7.48. The molecule has 0 unspecified atom stereocenters. The number of aliphatic hydroxyl groups is 1. The lowest BCUT2D eigenvalue weighted by atomic mass is 9.94. The number of nitrogens with two attached hydrogens (primary N) is 1. The second kappa shape index (κ2) is 6.15. The molecule has 118 valence electrons. The molecule has 1 aromatic heterocycles. The first kappa shape index (κ1) is 16.0. The van der Waals surface area contributed by atoms with Crippen LogP contribution in [0.1, 0.15) is 44.0 Å². The van der Waals surface area contributed by atoms with Crippen LogP contribution in [0, 0.1) is 6.92 Å². The summed E-state index contributed by atoms with van der Waals surface area (Å²) in [5.41, 5.74) is 6.14. The van der Waals surface area contributed by atoms with Crippen molar-refractivity contribution in [1.29, 1.82) is 0 Å². The maximum Gasteiger partial charge on any atom is 0.137 e. The number of hydrogen-bond donors (Lipinski definition) is 2. The summed E-state index contributed by atoms with van der Waals surface area (Å²) >= 11 is 0. The fourth-order valence-electron chi connectivity index (χ4n) is 2.59. The monoisotopic (exact) mass is 294 g/mol. The third-order valence-corrected chi connectivity index (χ3v) is 4.01. The van der Waals surface area contributed by atoms with Gasteiger partial charge in [-0.25, -0.2) is 9.97 Å². The zero-order valence-corrected chi connectivity index (χ0v) is 13.4. The molecule has 1 aromatic rings. The van der Waals surface area contributed by atoms with Crippen LogP contribution in [0.15, 0.2) is 0 Å². The first-order chi connectivity index (χ1) is 9.82. The van der Waals surface area contributed by atoms with Gasteiger partial charge in [-0.3, -0.25) is 0 Å². The van der Waals surface area contributed by atoms with Crippen LogP contribution >= 0.6 is 0 Å². The van der Waals surface area contributed by atoms with Gasteiger partial charge in [0.05, 0.1) is 5.60 Å². The van der Waals surface area contributed by atoms with Gasteiger partial charge < -0.3 is 20.5 Å². The van der Waals surface area contributed by atoms with Gasteiger partial charge >= 0.3 is 0 Å². The average Bonchev–Trinajstić information content (AvgIpc) is 2.41. The molecule has 0 aliphatic carbocycles. The van der Waals surface area contributed by atoms with Crippen molar-refractivity contribution in [2.75, 3.05) is 37.4 Å². The van der Waals surface area contributed by atoms with E-state index in [0.29, 0.717) is 38.4 Å². The minimum absolute atomic E-state index is 0.214. The van der Waals surface area contributed by atoms with Crippen molar-refractivity contribution in [1.82, 2.24) is 9.97 Å². The predicted octanol–water partition coefficient (Wildman–Crippen LogP) is 1.47. The zero-order chi connectivity index (χ0) is 15.6. The molecule has 0 bridgehead atoms. The van der Waals surface area contributed by atoms with Crippen molar-refractivity contribution >= 4 is 11.6 Å². The van der Waals surface area contributed by atoms with Crippen LogP contribution < -0.4 is 10.6 Å². The van der Waals surface area contributed by atoms with E-state index in [1.54, 1.807) is 0 Å². The lowest BCUT2D eigenvalue weighted by molar-refractivity contribution is -0.0573. The minimum Gasteiger partial charge on any atom is -0.388 e. The maximum atomic E-state index is 10.6. The Kier molecular flexibility index (Phi) is 4.68. The topological polar surface area (TPSA) is 84.5 Å². The summed E-state index contributed by atoms with van der Waals surface area (Å²) in [6.07, 6.45) is 1.29. The van der Waals surface area contributed by atoms with Crippen molar-refractivity contribution in [3.8, 4) is 0 Å². The van der Waals surface area contributed by atoms with Gasteiger partial charge in [0.1, 0.15) is 17.5 Å². The standard InChI is InChI=1S/C15H26N4O2/c1-10(2)13-17-12(16)11(3)14(18-13)19(4)9-15(20)5-7-21-8-6-15/h10,20H,5-9H2,1-4H3,(H2,16,17,18). The maximum absolute atomic E-state index is 10.6. The smallest absolute Gasteiger partial charge is 0.137 e. The van der Waals surface area contributed by atoms with Crippen LogP contribution in [0.25, 0.3) is 0 Å². The predicted molar refractivity (Wildman–Crippen MR) is 83.5 cm³/mol. The molecule has 21 heavy (non-hydrogen) atoms. The second-order valence-electron chi connectivity index (χ2n) is 6.26. The summed E-state index contributed by atoms with van der Waals surface area (Å²) < 4.78 is 5.32. The van der Waals surface area contributed by atoms with Crippen LogP contribution in [-0.2, 0) is 4.74 Å². The number of rotatable bonds is 4. The molecular weight excluding hydrogens is 268 g/mol. The number of ether oxygens (including phenoxy) is 1. The van der Waals surface area contributed by atoms with E-state index in [4.69, 9.17) is 10.5 Å². The van der Waals surface area contributed by atoms with E-state index in [0.717, 1.165) is 17.2 Å². The Bertz CT molecular complexity index is 499. The van der Waals surface area contributed by atoms with Crippen LogP contribution in [-0.4, -0.2) is 47.5 Å². The van der Waals surface area contributed by atoms with Crippen LogP contribution in [0.5, 0.6) is 0 Å². The summed E-state index contributed by atoms with van der Waals surface area (Å²) in [5.74, 6) is 2.26. The van der Waals surface area contributed by atoms with Crippen molar-refractivity contribution in [3.63, 3.8) is 0 Å². The van der Waals surface area contributed by atoms with Gasteiger partial charge in [0.25, 0.3) is 0 Å². The van der Waals surface area contributed by atoms with Crippen molar-refractivity contribution < 1.29 is 9.84 Å². The van der Waals surface area contributed by atoms with Crippen LogP contribution in [0.3, 0.4) is 0 Å². The Hall–Kier alpha value is -1.40. The molecule has 0 aromatic carbocycles. The molecule has 0 spiro atoms. The van der Waals surface area contributed by atoms with E-state index in [9.17, 15) is 5.11 Å². The summed E-state index contributed by atoms with van der Waals surface area (Å²) in [4.78, 5) is 10.9. The van der Waals surface area contributed by atoms with Gasteiger partial charge in [0.2, 0.25) is 0 Å². The molecule has 2 heterocycles. The van der Waals surface area contributed by atoms with Gasteiger partial charge in [0, 0.05) is 51.1 Å². The Balaban J connectivity index is 2.23. The van der Waals surface area contributed by atoms with E-state index >= 15 is 0 Å². The number of hydrogen-bond acceptors (Lipinski definition) is 6. The molecule has 6 nitrogen and oxygen atoms in total. The highest BCUT2D eigenvalue weighted by atomic mass is 16.5. The Morgan fingerprint density at radius 1 is 1.33 bits per heavy atom. The van der Waals surface area contributed by atoms with E-state index < -0.39 is 5.60 Å². The lowest BCUT2D eigenvalue weighted by Crippen LogP contribution is -2.46. The van der Waals surface area contributed by atoms with Crippen LogP contribution in [0.2, 0.25) is 0 Å². The molecule has 6 heteroatoms. The molecule has 2 rings (SSSR count). The number of nitrogens with zero attached hydrogens (tertiary/aromatic N) is 3. The van der Waals surface area contributed by atoms with E-state index in [2.05, 4.69) is 9.97 Å². The normalized spacial score (nSPS) is 18.0. The van der Waals surface area contributed by atoms with Crippen molar-refractivity contribution in [2.24, 2.45) is 0 Å². The molecule has 1 fully saturated rings. The number of aromatic nitrogens is 2. The first-order valence-electron chi connectivity index (χ1n) is 7.48. The highest BCUT2D eigenvalue weighted by Gasteiger charge is 2.32. The Labute approximate surface area is 126 Å². The zero-order valence-electron chi connectivity index (χ0n) is 13.4. The van der Waals surface area contributed by atoms with E-state index in [-0.39, 0.29) is 5.92 Å². The molecule has 1 saturated heterocycles. The van der Waals surface area contributed by atoms with E-state index in [1.165, 1.54) is 0 Å². The Morgan fingerprint density at radius 3 is 2.52 bits per heavy atom. The lowest BCUT2D eigenvalue weighted by Gasteiger charge is -2.36. The quantitative estimate of drug-likeness (QED) is 0.875.